The number of fused-ring (bicyclic) bond motifs is 1. The first-order valence-electron chi connectivity index (χ1n) is 3.81. The third-order valence-electron chi connectivity index (χ3n) is 1.70. The summed E-state index contributed by atoms with van der Waals surface area (Å²) in [5, 5.41) is 6.68. The van der Waals surface area contributed by atoms with Gasteiger partial charge in [0.1, 0.15) is 0 Å². The van der Waals surface area contributed by atoms with Gasteiger partial charge in [-0.15, -0.1) is 5.10 Å². The van der Waals surface area contributed by atoms with Crippen molar-refractivity contribution in [3.63, 3.8) is 0 Å². The molecule has 0 saturated heterocycles. The second kappa shape index (κ2) is 2.97. The van der Waals surface area contributed by atoms with Crippen LogP contribution in [0.15, 0.2) is 6.20 Å². The van der Waals surface area contributed by atoms with E-state index in [-0.39, 0.29) is 0 Å². The van der Waals surface area contributed by atoms with E-state index in [1.807, 2.05) is 20.2 Å². The van der Waals surface area contributed by atoms with Crippen molar-refractivity contribution >= 4 is 21.4 Å². The smallest absolute Gasteiger partial charge is 0.231 e. The summed E-state index contributed by atoms with van der Waals surface area (Å²) in [5.74, 6) is 0. The van der Waals surface area contributed by atoms with Crippen LogP contribution in [0.25, 0.3) is 4.96 Å². The highest BCUT2D eigenvalue weighted by molar-refractivity contribution is 7.20. The van der Waals surface area contributed by atoms with E-state index in [1.165, 1.54) is 11.3 Å². The first-order chi connectivity index (χ1) is 6.20. The SMILES string of the molecule is CON(C)c1nn2cc(C)nc2s1. The van der Waals surface area contributed by atoms with Crippen molar-refractivity contribution in [1.82, 2.24) is 14.6 Å². The Bertz CT molecular complexity index is 389. The van der Waals surface area contributed by atoms with Gasteiger partial charge in [-0.2, -0.15) is 0 Å². The van der Waals surface area contributed by atoms with Gasteiger partial charge in [-0.1, -0.05) is 11.3 Å². The maximum atomic E-state index is 5.01. The molecule has 0 fully saturated rings. The Labute approximate surface area is 79.5 Å². The van der Waals surface area contributed by atoms with Gasteiger partial charge in [-0.05, 0) is 6.92 Å². The molecule has 2 heterocycles. The lowest BCUT2D eigenvalue weighted by atomic mass is 10.6. The molecule has 0 aliphatic carbocycles. The maximum absolute atomic E-state index is 5.01. The van der Waals surface area contributed by atoms with Crippen LogP contribution in [0.5, 0.6) is 0 Å². The molecule has 2 rings (SSSR count). The number of imidazole rings is 1. The summed E-state index contributed by atoms with van der Waals surface area (Å²) in [4.78, 5) is 10.2. The minimum atomic E-state index is 0.796. The molecule has 0 aliphatic rings. The zero-order chi connectivity index (χ0) is 9.42. The largest absolute Gasteiger partial charge is 0.275 e. The number of hydrogen-bond donors (Lipinski definition) is 0. The maximum Gasteiger partial charge on any atom is 0.231 e. The standard InChI is InChI=1S/C7H10N4OS/c1-5-4-11-6(8-5)13-7(9-11)10(2)12-3/h4H,1-3H3. The molecular formula is C7H10N4OS. The molecule has 0 aromatic carbocycles. The number of rotatable bonds is 2. The summed E-state index contributed by atoms with van der Waals surface area (Å²) in [6.45, 7) is 1.95. The molecule has 0 unspecified atom stereocenters. The fourth-order valence-electron chi connectivity index (χ4n) is 1.00. The number of hydroxylamine groups is 1. The molecule has 2 aromatic heterocycles. The summed E-state index contributed by atoms with van der Waals surface area (Å²) in [6, 6.07) is 0. The second-order valence-corrected chi connectivity index (χ2v) is 3.61. The average Bonchev–Trinajstić information content (AvgIpc) is 2.59. The Kier molecular flexibility index (Phi) is 1.93. The topological polar surface area (TPSA) is 42.7 Å². The van der Waals surface area contributed by atoms with Crippen LogP contribution in [0, 0.1) is 6.92 Å². The van der Waals surface area contributed by atoms with Crippen LogP contribution in [0.4, 0.5) is 5.13 Å². The molecular weight excluding hydrogens is 188 g/mol. The molecule has 0 radical (unpaired) electrons. The van der Waals surface area contributed by atoms with Gasteiger partial charge < -0.3 is 0 Å². The van der Waals surface area contributed by atoms with Crippen LogP contribution >= 0.6 is 11.3 Å². The number of aromatic nitrogens is 3. The minimum Gasteiger partial charge on any atom is -0.275 e. The second-order valence-electron chi connectivity index (χ2n) is 2.67. The molecule has 0 saturated carbocycles. The van der Waals surface area contributed by atoms with Crippen LogP contribution < -0.4 is 5.06 Å². The quantitative estimate of drug-likeness (QED) is 0.678. The summed E-state index contributed by atoms with van der Waals surface area (Å²) < 4.78 is 1.75. The fourth-order valence-corrected chi connectivity index (χ4v) is 1.88. The van der Waals surface area contributed by atoms with Crippen molar-refractivity contribution in [1.29, 1.82) is 0 Å². The Balaban J connectivity index is 2.45. The lowest BCUT2D eigenvalue weighted by Crippen LogP contribution is -2.14. The van der Waals surface area contributed by atoms with Gasteiger partial charge in [0.15, 0.2) is 0 Å². The van der Waals surface area contributed by atoms with E-state index in [0.29, 0.717) is 0 Å². The molecule has 0 aliphatic heterocycles. The zero-order valence-electron chi connectivity index (χ0n) is 7.68. The normalized spacial score (nSPS) is 11.0. The first kappa shape index (κ1) is 8.46. The highest BCUT2D eigenvalue weighted by Gasteiger charge is 2.09. The van der Waals surface area contributed by atoms with Crippen LogP contribution in [0.3, 0.4) is 0 Å². The molecule has 6 heteroatoms. The Morgan fingerprint density at radius 3 is 3.00 bits per heavy atom. The van der Waals surface area contributed by atoms with Gasteiger partial charge >= 0.3 is 0 Å². The van der Waals surface area contributed by atoms with Gasteiger partial charge in [-0.3, -0.25) is 4.84 Å². The van der Waals surface area contributed by atoms with Gasteiger partial charge in [-0.25, -0.2) is 14.6 Å². The predicted molar refractivity (Wildman–Crippen MR) is 51.0 cm³/mol. The summed E-state index contributed by atoms with van der Waals surface area (Å²) >= 11 is 1.49. The average molecular weight is 198 g/mol. The molecule has 0 spiro atoms. The van der Waals surface area contributed by atoms with E-state index in [2.05, 4.69) is 10.1 Å². The van der Waals surface area contributed by atoms with Crippen molar-refractivity contribution in [3.05, 3.63) is 11.9 Å². The third kappa shape index (κ3) is 1.38. The summed E-state index contributed by atoms with van der Waals surface area (Å²) in [7, 11) is 3.42. The molecule has 0 amide bonds. The minimum absolute atomic E-state index is 0.796. The van der Waals surface area contributed by atoms with Crippen LogP contribution in [0.1, 0.15) is 5.69 Å². The van der Waals surface area contributed by atoms with Crippen LogP contribution in [-0.4, -0.2) is 28.8 Å². The predicted octanol–water partition coefficient (Wildman–Crippen LogP) is 1.10. The Morgan fingerprint density at radius 2 is 2.38 bits per heavy atom. The van der Waals surface area contributed by atoms with Gasteiger partial charge in [0, 0.05) is 7.05 Å². The molecule has 2 aromatic rings. The number of aryl methyl sites for hydroxylation is 1. The van der Waals surface area contributed by atoms with Crippen molar-refractivity contribution in [2.45, 2.75) is 6.92 Å². The molecule has 0 bridgehead atoms. The molecule has 0 atom stereocenters. The lowest BCUT2D eigenvalue weighted by Gasteiger charge is -2.09. The first-order valence-corrected chi connectivity index (χ1v) is 4.63. The van der Waals surface area contributed by atoms with E-state index in [1.54, 1.807) is 16.7 Å². The number of anilines is 1. The number of hydrogen-bond acceptors (Lipinski definition) is 5. The lowest BCUT2D eigenvalue weighted by molar-refractivity contribution is 0.184. The van der Waals surface area contributed by atoms with Crippen LogP contribution in [-0.2, 0) is 4.84 Å². The highest BCUT2D eigenvalue weighted by atomic mass is 32.1. The zero-order valence-corrected chi connectivity index (χ0v) is 8.50. The molecule has 70 valence electrons. The number of nitrogens with zero attached hydrogens (tertiary/aromatic N) is 4. The van der Waals surface area contributed by atoms with E-state index in [4.69, 9.17) is 4.84 Å². The van der Waals surface area contributed by atoms with Crippen LogP contribution in [0.2, 0.25) is 0 Å². The highest BCUT2D eigenvalue weighted by Crippen LogP contribution is 2.21. The van der Waals surface area contributed by atoms with Crippen molar-refractivity contribution in [2.75, 3.05) is 19.2 Å². The summed E-state index contributed by atoms with van der Waals surface area (Å²) in [6.07, 6.45) is 1.89. The van der Waals surface area contributed by atoms with E-state index in [0.717, 1.165) is 15.8 Å². The monoisotopic (exact) mass is 198 g/mol. The van der Waals surface area contributed by atoms with E-state index in [9.17, 15) is 0 Å². The van der Waals surface area contributed by atoms with E-state index >= 15 is 0 Å². The molecule has 13 heavy (non-hydrogen) atoms. The van der Waals surface area contributed by atoms with Crippen molar-refractivity contribution in [2.24, 2.45) is 0 Å². The fraction of sp³-hybridized carbons (Fsp3) is 0.429. The molecule has 5 nitrogen and oxygen atoms in total. The molecule has 0 N–H and O–H groups in total. The third-order valence-corrected chi connectivity index (χ3v) is 2.68. The summed E-state index contributed by atoms with van der Waals surface area (Å²) in [5.41, 5.74) is 0.977. The van der Waals surface area contributed by atoms with Crippen molar-refractivity contribution in [3.8, 4) is 0 Å². The van der Waals surface area contributed by atoms with Gasteiger partial charge in [0.25, 0.3) is 0 Å². The Hall–Kier alpha value is -1.14. The van der Waals surface area contributed by atoms with Gasteiger partial charge in [0.2, 0.25) is 10.1 Å². The van der Waals surface area contributed by atoms with E-state index < -0.39 is 0 Å². The Morgan fingerprint density at radius 1 is 1.62 bits per heavy atom. The van der Waals surface area contributed by atoms with Gasteiger partial charge in [0.05, 0.1) is 19.0 Å². The van der Waals surface area contributed by atoms with Crippen molar-refractivity contribution < 1.29 is 4.84 Å².